The van der Waals surface area contributed by atoms with Crippen molar-refractivity contribution in [2.24, 2.45) is 7.05 Å². The van der Waals surface area contributed by atoms with Crippen LogP contribution in [0.3, 0.4) is 0 Å². The molecule has 0 aliphatic rings. The molecule has 0 saturated carbocycles. The van der Waals surface area contributed by atoms with E-state index in [4.69, 9.17) is 0 Å². The van der Waals surface area contributed by atoms with Crippen molar-refractivity contribution in [2.75, 3.05) is 5.75 Å². The van der Waals surface area contributed by atoms with E-state index in [9.17, 15) is 13.2 Å². The van der Waals surface area contributed by atoms with Crippen LogP contribution in [0.4, 0.5) is 0 Å². The van der Waals surface area contributed by atoms with E-state index in [-0.39, 0.29) is 10.9 Å². The molecule has 1 aromatic heterocycles. The fraction of sp³-hybridized carbons (Fsp3) is 0.600. The summed E-state index contributed by atoms with van der Waals surface area (Å²) < 4.78 is 23.4. The lowest BCUT2D eigenvalue weighted by atomic mass is 11.0. The van der Waals surface area contributed by atoms with Gasteiger partial charge >= 0.3 is 5.69 Å². The molecule has 68 valence electrons. The third-order valence-electron chi connectivity index (χ3n) is 1.50. The lowest BCUT2D eigenvalue weighted by Gasteiger charge is -1.96. The maximum atomic E-state index is 11.2. The highest BCUT2D eigenvalue weighted by molar-refractivity contribution is 7.91. The first-order valence-corrected chi connectivity index (χ1v) is 4.98. The molecule has 0 spiro atoms. The van der Waals surface area contributed by atoms with Gasteiger partial charge in [0.2, 0.25) is 15.0 Å². The van der Waals surface area contributed by atoms with Crippen LogP contribution in [-0.4, -0.2) is 28.9 Å². The Morgan fingerprint density at radius 1 is 1.58 bits per heavy atom. The molecule has 0 aliphatic heterocycles. The summed E-state index contributed by atoms with van der Waals surface area (Å²) in [5.41, 5.74) is -0.526. The summed E-state index contributed by atoms with van der Waals surface area (Å²) in [6, 6.07) is 0. The van der Waals surface area contributed by atoms with Crippen LogP contribution in [0.15, 0.2) is 9.95 Å². The van der Waals surface area contributed by atoms with Gasteiger partial charge in [-0.2, -0.15) is 0 Å². The molecule has 0 saturated heterocycles. The summed E-state index contributed by atoms with van der Waals surface area (Å²) in [7, 11) is -2.03. The van der Waals surface area contributed by atoms with Crippen LogP contribution in [0.25, 0.3) is 0 Å². The number of sulfone groups is 1. The van der Waals surface area contributed by atoms with Gasteiger partial charge in [0.25, 0.3) is 0 Å². The molecule has 6 nitrogen and oxygen atoms in total. The van der Waals surface area contributed by atoms with E-state index < -0.39 is 15.5 Å². The van der Waals surface area contributed by atoms with E-state index in [2.05, 4.69) is 10.2 Å². The average Bonchev–Trinajstić information content (AvgIpc) is 2.33. The minimum atomic E-state index is -3.39. The summed E-state index contributed by atoms with van der Waals surface area (Å²) in [5.74, 6) is -0.0644. The number of hydrogen-bond donors (Lipinski definition) is 1. The summed E-state index contributed by atoms with van der Waals surface area (Å²) in [6.07, 6.45) is 0. The fourth-order valence-electron chi connectivity index (χ4n) is 0.740. The zero-order valence-corrected chi connectivity index (χ0v) is 7.55. The number of rotatable bonds is 2. The van der Waals surface area contributed by atoms with Crippen LogP contribution >= 0.6 is 0 Å². The number of nitrogens with zero attached hydrogens (tertiary/aromatic N) is 2. The average molecular weight is 191 g/mol. The Hall–Kier alpha value is -1.11. The number of H-pyrrole nitrogens is 1. The van der Waals surface area contributed by atoms with Crippen molar-refractivity contribution in [3.05, 3.63) is 10.5 Å². The standard InChI is InChI=1S/C5H9N3O3S/c1-3-12(10,11)5-7-6-4(9)8(5)2/h3H2,1-2H3,(H,6,9). The van der Waals surface area contributed by atoms with Crippen molar-refractivity contribution in [1.82, 2.24) is 14.8 Å². The second-order valence-electron chi connectivity index (χ2n) is 2.27. The molecule has 0 aliphatic carbocycles. The van der Waals surface area contributed by atoms with Crippen molar-refractivity contribution >= 4 is 9.84 Å². The predicted octanol–water partition coefficient (Wildman–Crippen LogP) is -1.10. The molecule has 0 radical (unpaired) electrons. The van der Waals surface area contributed by atoms with Gasteiger partial charge < -0.3 is 0 Å². The topological polar surface area (TPSA) is 84.8 Å². The summed E-state index contributed by atoms with van der Waals surface area (Å²) >= 11 is 0. The third kappa shape index (κ3) is 1.27. The Morgan fingerprint density at radius 3 is 2.50 bits per heavy atom. The predicted molar refractivity (Wildman–Crippen MR) is 41.6 cm³/mol. The Kier molecular flexibility index (Phi) is 2.05. The van der Waals surface area contributed by atoms with E-state index >= 15 is 0 Å². The second kappa shape index (κ2) is 2.74. The molecular weight excluding hydrogens is 182 g/mol. The monoisotopic (exact) mass is 191 g/mol. The van der Waals surface area contributed by atoms with Crippen molar-refractivity contribution < 1.29 is 8.42 Å². The van der Waals surface area contributed by atoms with E-state index in [0.29, 0.717) is 0 Å². The second-order valence-corrected chi connectivity index (χ2v) is 4.45. The first-order chi connectivity index (χ1) is 5.49. The minimum Gasteiger partial charge on any atom is -0.269 e. The summed E-state index contributed by atoms with van der Waals surface area (Å²) in [6.45, 7) is 1.49. The Labute approximate surface area is 69.1 Å². The van der Waals surface area contributed by atoms with Crippen LogP contribution in [0.5, 0.6) is 0 Å². The van der Waals surface area contributed by atoms with Gasteiger partial charge in [-0.3, -0.25) is 4.57 Å². The van der Waals surface area contributed by atoms with Gasteiger partial charge in [-0.25, -0.2) is 18.3 Å². The Bertz CT molecular complexity index is 427. The van der Waals surface area contributed by atoms with Crippen molar-refractivity contribution in [3.63, 3.8) is 0 Å². The summed E-state index contributed by atoms with van der Waals surface area (Å²) in [4.78, 5) is 10.8. The van der Waals surface area contributed by atoms with E-state index in [0.717, 1.165) is 4.57 Å². The Balaban J connectivity index is 3.40. The first kappa shape index (κ1) is 8.98. The molecule has 7 heteroatoms. The highest BCUT2D eigenvalue weighted by atomic mass is 32.2. The lowest BCUT2D eigenvalue weighted by Crippen LogP contribution is -2.18. The van der Waals surface area contributed by atoms with Crippen LogP contribution in [0, 0.1) is 0 Å². The normalized spacial score (nSPS) is 11.8. The molecule has 1 rings (SSSR count). The Morgan fingerprint density at radius 2 is 2.17 bits per heavy atom. The molecule has 12 heavy (non-hydrogen) atoms. The maximum Gasteiger partial charge on any atom is 0.343 e. The van der Waals surface area contributed by atoms with E-state index in [1.54, 1.807) is 0 Å². The van der Waals surface area contributed by atoms with Gasteiger partial charge in [-0.05, 0) is 0 Å². The molecule has 0 atom stereocenters. The van der Waals surface area contributed by atoms with Crippen molar-refractivity contribution in [2.45, 2.75) is 12.1 Å². The summed E-state index contributed by atoms with van der Waals surface area (Å²) in [5, 5.41) is 5.24. The molecule has 1 N–H and O–H groups in total. The lowest BCUT2D eigenvalue weighted by molar-refractivity contribution is 0.578. The molecular formula is C5H9N3O3S. The van der Waals surface area contributed by atoms with Gasteiger partial charge in [0.1, 0.15) is 0 Å². The molecule has 0 aromatic carbocycles. The van der Waals surface area contributed by atoms with Gasteiger partial charge in [-0.15, -0.1) is 5.10 Å². The molecule has 0 bridgehead atoms. The molecule has 0 fully saturated rings. The smallest absolute Gasteiger partial charge is 0.269 e. The van der Waals surface area contributed by atoms with Crippen molar-refractivity contribution in [1.29, 1.82) is 0 Å². The SMILES string of the molecule is CCS(=O)(=O)c1n[nH]c(=O)n1C. The first-order valence-electron chi connectivity index (χ1n) is 3.33. The zero-order valence-electron chi connectivity index (χ0n) is 6.73. The highest BCUT2D eigenvalue weighted by Gasteiger charge is 2.18. The quantitative estimate of drug-likeness (QED) is 0.643. The van der Waals surface area contributed by atoms with Crippen LogP contribution in [0.2, 0.25) is 0 Å². The van der Waals surface area contributed by atoms with Gasteiger partial charge in [0.05, 0.1) is 5.75 Å². The van der Waals surface area contributed by atoms with E-state index in [1.165, 1.54) is 14.0 Å². The number of hydrogen-bond acceptors (Lipinski definition) is 4. The molecule has 1 heterocycles. The number of aromatic amines is 1. The maximum absolute atomic E-state index is 11.2. The molecule has 0 unspecified atom stereocenters. The minimum absolute atomic E-state index is 0.0644. The van der Waals surface area contributed by atoms with Crippen molar-refractivity contribution in [3.8, 4) is 0 Å². The van der Waals surface area contributed by atoms with Crippen LogP contribution in [-0.2, 0) is 16.9 Å². The number of nitrogens with one attached hydrogen (secondary N) is 1. The highest BCUT2D eigenvalue weighted by Crippen LogP contribution is 2.01. The van der Waals surface area contributed by atoms with Gasteiger partial charge in [0.15, 0.2) is 0 Å². The fourth-order valence-corrected chi connectivity index (χ4v) is 1.68. The third-order valence-corrected chi connectivity index (χ3v) is 3.18. The number of aromatic nitrogens is 3. The zero-order chi connectivity index (χ0) is 9.35. The molecule has 1 aromatic rings. The van der Waals surface area contributed by atoms with Gasteiger partial charge in [0, 0.05) is 7.05 Å². The van der Waals surface area contributed by atoms with Crippen LogP contribution in [0.1, 0.15) is 6.92 Å². The van der Waals surface area contributed by atoms with Crippen LogP contribution < -0.4 is 5.69 Å². The largest absolute Gasteiger partial charge is 0.343 e. The van der Waals surface area contributed by atoms with E-state index in [1.807, 2.05) is 0 Å². The molecule has 0 amide bonds. The van der Waals surface area contributed by atoms with Gasteiger partial charge in [-0.1, -0.05) is 6.92 Å².